The molecule has 2 heterocycles. The van der Waals surface area contributed by atoms with Crippen LogP contribution < -0.4 is 21.3 Å². The van der Waals surface area contributed by atoms with Crippen LogP contribution in [0.2, 0.25) is 0 Å². The van der Waals surface area contributed by atoms with E-state index in [2.05, 4.69) is 30.9 Å². The second-order valence-electron chi connectivity index (χ2n) is 3.64. The van der Waals surface area contributed by atoms with Gasteiger partial charge in [-0.1, -0.05) is 0 Å². The monoisotopic (exact) mass is 264 g/mol. The fourth-order valence-corrected chi connectivity index (χ4v) is 1.64. The Morgan fingerprint density at radius 3 is 2.84 bits per heavy atom. The number of hydrogen-bond acceptors (Lipinski definition) is 8. The number of anilines is 2. The lowest BCUT2D eigenvalue weighted by Gasteiger charge is -2.12. The fourth-order valence-electron chi connectivity index (χ4n) is 1.64. The van der Waals surface area contributed by atoms with Gasteiger partial charge >= 0.3 is 0 Å². The number of nitrogen functional groups attached to an aromatic ring is 1. The number of aromatic nitrogens is 5. The van der Waals surface area contributed by atoms with Gasteiger partial charge in [-0.25, -0.2) is 15.8 Å². The highest BCUT2D eigenvalue weighted by molar-refractivity contribution is 5.62. The summed E-state index contributed by atoms with van der Waals surface area (Å²) in [5.41, 5.74) is 2.45. The lowest BCUT2D eigenvalue weighted by molar-refractivity contribution is 0.414. The van der Waals surface area contributed by atoms with Crippen LogP contribution in [0.3, 0.4) is 0 Å². The lowest BCUT2D eigenvalue weighted by atomic mass is 10.4. The highest BCUT2D eigenvalue weighted by Gasteiger charge is 2.12. The smallest absolute Gasteiger partial charge is 0.205 e. The van der Waals surface area contributed by atoms with Crippen molar-refractivity contribution in [1.82, 2.24) is 24.7 Å². The summed E-state index contributed by atoms with van der Waals surface area (Å²) in [4.78, 5) is 8.07. The van der Waals surface area contributed by atoms with Crippen molar-refractivity contribution < 1.29 is 4.74 Å². The number of nitrogens with zero attached hydrogens (tertiary/aromatic N) is 5. The molecule has 19 heavy (non-hydrogen) atoms. The number of hydrazine groups is 1. The van der Waals surface area contributed by atoms with Gasteiger partial charge in [-0.3, -0.25) is 0 Å². The van der Waals surface area contributed by atoms with E-state index in [4.69, 9.17) is 10.6 Å². The molecule has 0 aliphatic heterocycles. The maximum Gasteiger partial charge on any atom is 0.205 e. The van der Waals surface area contributed by atoms with Crippen molar-refractivity contribution in [3.8, 4) is 5.75 Å². The Hall–Kier alpha value is -2.42. The molecule has 0 unspecified atom stereocenters. The summed E-state index contributed by atoms with van der Waals surface area (Å²) in [6, 6.07) is 0. The number of nitrogens with two attached hydrogens (primary N) is 1. The topological polar surface area (TPSA) is 116 Å². The quantitative estimate of drug-likeness (QED) is 0.493. The van der Waals surface area contributed by atoms with Gasteiger partial charge in [0.25, 0.3) is 0 Å². The van der Waals surface area contributed by atoms with E-state index in [0.717, 1.165) is 12.4 Å². The molecule has 0 saturated carbocycles. The molecule has 2 aromatic heterocycles. The molecule has 0 atom stereocenters. The van der Waals surface area contributed by atoms with E-state index in [-0.39, 0.29) is 0 Å². The van der Waals surface area contributed by atoms with Crippen molar-refractivity contribution >= 4 is 11.6 Å². The zero-order valence-corrected chi connectivity index (χ0v) is 10.8. The van der Waals surface area contributed by atoms with Crippen molar-refractivity contribution in [2.24, 2.45) is 5.84 Å². The summed E-state index contributed by atoms with van der Waals surface area (Å²) in [5, 5.41) is 11.0. The summed E-state index contributed by atoms with van der Waals surface area (Å²) in [7, 11) is 1.53. The summed E-state index contributed by atoms with van der Waals surface area (Å²) >= 11 is 0. The Balaban J connectivity index is 2.15. The average molecular weight is 264 g/mol. The molecular weight excluding hydrogens is 248 g/mol. The number of ether oxygens (including phenoxy) is 1. The average Bonchev–Trinajstić information content (AvgIpc) is 2.91. The molecular formula is C10H16N8O. The van der Waals surface area contributed by atoms with Crippen LogP contribution in [0.25, 0.3) is 0 Å². The third-order valence-corrected chi connectivity index (χ3v) is 2.60. The zero-order valence-electron chi connectivity index (χ0n) is 10.8. The van der Waals surface area contributed by atoms with E-state index in [1.54, 1.807) is 6.33 Å². The molecule has 0 amide bonds. The van der Waals surface area contributed by atoms with Crippen LogP contribution in [0.4, 0.5) is 11.6 Å². The van der Waals surface area contributed by atoms with E-state index >= 15 is 0 Å². The first kappa shape index (κ1) is 13.0. The van der Waals surface area contributed by atoms with Gasteiger partial charge in [0.05, 0.1) is 13.7 Å². The molecule has 102 valence electrons. The first-order valence-corrected chi connectivity index (χ1v) is 5.76. The SMILES string of the molecule is CCn1cnnc1CNc1ncnc(NN)c1OC. The van der Waals surface area contributed by atoms with Crippen molar-refractivity contribution in [2.45, 2.75) is 20.0 Å². The molecule has 0 radical (unpaired) electrons. The zero-order chi connectivity index (χ0) is 13.7. The summed E-state index contributed by atoms with van der Waals surface area (Å²) in [6.07, 6.45) is 3.08. The maximum atomic E-state index is 5.36. The van der Waals surface area contributed by atoms with Crippen LogP contribution in [-0.4, -0.2) is 31.8 Å². The molecule has 0 saturated heterocycles. The number of rotatable bonds is 6. The normalized spacial score (nSPS) is 10.3. The standard InChI is InChI=1S/C10H16N8O/c1-3-18-6-15-17-7(18)4-12-9-8(19-2)10(16-11)14-5-13-9/h5-6H,3-4,11H2,1-2H3,(H2,12,13,14,16). The first-order chi connectivity index (χ1) is 9.30. The molecule has 0 bridgehead atoms. The third-order valence-electron chi connectivity index (χ3n) is 2.60. The maximum absolute atomic E-state index is 5.36. The van der Waals surface area contributed by atoms with Gasteiger partial charge in [0, 0.05) is 6.54 Å². The van der Waals surface area contributed by atoms with Gasteiger partial charge in [0.2, 0.25) is 5.75 Å². The molecule has 0 aromatic carbocycles. The first-order valence-electron chi connectivity index (χ1n) is 5.76. The molecule has 2 rings (SSSR count). The van der Waals surface area contributed by atoms with Crippen LogP contribution in [0.5, 0.6) is 5.75 Å². The van der Waals surface area contributed by atoms with Crippen molar-refractivity contribution in [2.75, 3.05) is 17.9 Å². The van der Waals surface area contributed by atoms with E-state index < -0.39 is 0 Å². The Kier molecular flexibility index (Phi) is 4.08. The van der Waals surface area contributed by atoms with E-state index in [1.165, 1.54) is 13.4 Å². The van der Waals surface area contributed by atoms with E-state index in [9.17, 15) is 0 Å². The van der Waals surface area contributed by atoms with Gasteiger partial charge in [-0.2, -0.15) is 0 Å². The van der Waals surface area contributed by atoms with Crippen molar-refractivity contribution in [3.05, 3.63) is 18.5 Å². The summed E-state index contributed by atoms with van der Waals surface area (Å²) in [5.74, 6) is 7.57. The number of aryl methyl sites for hydroxylation is 1. The van der Waals surface area contributed by atoms with Gasteiger partial charge in [-0.15, -0.1) is 10.2 Å². The summed E-state index contributed by atoms with van der Waals surface area (Å²) in [6.45, 7) is 3.31. The van der Waals surface area contributed by atoms with Gasteiger partial charge < -0.3 is 20.0 Å². The Bertz CT molecular complexity index is 540. The molecule has 2 aromatic rings. The molecule has 0 aliphatic rings. The Labute approximate surface area is 110 Å². The minimum absolute atomic E-state index is 0.414. The molecule has 4 N–H and O–H groups in total. The van der Waals surface area contributed by atoms with Crippen molar-refractivity contribution in [3.63, 3.8) is 0 Å². The highest BCUT2D eigenvalue weighted by atomic mass is 16.5. The molecule has 0 fully saturated rings. The predicted molar refractivity (Wildman–Crippen MR) is 69.4 cm³/mol. The van der Waals surface area contributed by atoms with Crippen molar-refractivity contribution in [1.29, 1.82) is 0 Å². The van der Waals surface area contributed by atoms with Crippen LogP contribution in [0.15, 0.2) is 12.7 Å². The summed E-state index contributed by atoms with van der Waals surface area (Å²) < 4.78 is 7.15. The molecule has 0 spiro atoms. The predicted octanol–water partition coefficient (Wildman–Crippen LogP) is -0.00570. The number of methoxy groups -OCH3 is 1. The Morgan fingerprint density at radius 2 is 2.16 bits per heavy atom. The van der Waals surface area contributed by atoms with Crippen LogP contribution >= 0.6 is 0 Å². The lowest BCUT2D eigenvalue weighted by Crippen LogP contribution is -2.13. The largest absolute Gasteiger partial charge is 0.490 e. The van der Waals surface area contributed by atoms with Gasteiger partial charge in [-0.05, 0) is 6.92 Å². The molecule has 9 heteroatoms. The second-order valence-corrected chi connectivity index (χ2v) is 3.64. The molecule has 0 aliphatic carbocycles. The van der Waals surface area contributed by atoms with E-state index in [1.807, 2.05) is 11.5 Å². The van der Waals surface area contributed by atoms with Crippen LogP contribution in [0.1, 0.15) is 12.7 Å². The van der Waals surface area contributed by atoms with E-state index in [0.29, 0.717) is 23.9 Å². The third kappa shape index (κ3) is 2.71. The van der Waals surface area contributed by atoms with Gasteiger partial charge in [0.1, 0.15) is 12.7 Å². The van der Waals surface area contributed by atoms with Crippen LogP contribution in [-0.2, 0) is 13.1 Å². The van der Waals surface area contributed by atoms with Crippen LogP contribution in [0, 0.1) is 0 Å². The number of nitrogens with one attached hydrogen (secondary N) is 2. The van der Waals surface area contributed by atoms with Gasteiger partial charge in [0.15, 0.2) is 17.5 Å². The number of hydrogen-bond donors (Lipinski definition) is 3. The Morgan fingerprint density at radius 1 is 1.37 bits per heavy atom. The second kappa shape index (κ2) is 5.96. The minimum Gasteiger partial charge on any atom is -0.490 e. The fraction of sp³-hybridized carbons (Fsp3) is 0.400. The minimum atomic E-state index is 0.414. The molecule has 9 nitrogen and oxygen atoms in total. The highest BCUT2D eigenvalue weighted by Crippen LogP contribution is 2.28.